The molecule has 1 atom stereocenters. The molecule has 10 heteroatoms. The Kier molecular flexibility index (Phi) is 11.0. The number of hydrogen-bond acceptors (Lipinski definition) is 8. The fraction of sp³-hybridized carbons (Fsp3) is 0.351. The van der Waals surface area contributed by atoms with Crippen LogP contribution in [0.5, 0.6) is 17.2 Å². The van der Waals surface area contributed by atoms with Crippen molar-refractivity contribution in [2.75, 3.05) is 54.1 Å². The van der Waals surface area contributed by atoms with Gasteiger partial charge in [-0.15, -0.1) is 0 Å². The van der Waals surface area contributed by atoms with Crippen LogP contribution in [0.3, 0.4) is 0 Å². The van der Waals surface area contributed by atoms with Gasteiger partial charge in [-0.25, -0.2) is 9.18 Å². The number of likely N-dealkylation sites (N-methyl/N-ethyl adjacent to an activating group) is 1. The zero-order valence-corrected chi connectivity index (χ0v) is 27.6. The average molecular weight is 644 g/mol. The third kappa shape index (κ3) is 7.84. The largest absolute Gasteiger partial charge is 0.493 e. The summed E-state index contributed by atoms with van der Waals surface area (Å²) in [7, 11) is 5.09. The predicted octanol–water partition coefficient (Wildman–Crippen LogP) is 5.39. The van der Waals surface area contributed by atoms with Gasteiger partial charge in [0.15, 0.2) is 11.5 Å². The van der Waals surface area contributed by atoms with Crippen molar-refractivity contribution in [3.05, 3.63) is 94.3 Å². The van der Waals surface area contributed by atoms with Crippen molar-refractivity contribution in [2.24, 2.45) is 0 Å². The lowest BCUT2D eigenvalue weighted by molar-refractivity contribution is -0.162. The standard InChI is InChI=1S/C37H42FN3O6/c1-6-46-37(43)36(41-16-14-40(3)15-17-41)47-35-32(44-4)19-26(20-33(35)45-5)18-29-24(2)30(31-21-27(38)12-13-28(29)31)22-34(42)39-23-25-10-8-7-9-11-25/h7-13,18-21,36H,6,14-17,22-23H2,1-5H3,(H,39,42). The Morgan fingerprint density at radius 1 is 0.957 bits per heavy atom. The Morgan fingerprint density at radius 2 is 1.64 bits per heavy atom. The van der Waals surface area contributed by atoms with Crippen molar-refractivity contribution in [1.82, 2.24) is 15.1 Å². The number of methoxy groups -OCH3 is 2. The summed E-state index contributed by atoms with van der Waals surface area (Å²) in [5, 5.41) is 2.98. The summed E-state index contributed by atoms with van der Waals surface area (Å²) in [5.41, 5.74) is 5.73. The lowest BCUT2D eigenvalue weighted by Crippen LogP contribution is -2.54. The molecule has 2 aliphatic rings. The van der Waals surface area contributed by atoms with E-state index in [1.54, 1.807) is 25.1 Å². The molecule has 0 saturated carbocycles. The molecule has 0 aromatic heterocycles. The molecule has 0 bridgehead atoms. The van der Waals surface area contributed by atoms with Crippen LogP contribution in [0, 0.1) is 5.82 Å². The number of hydrogen-bond donors (Lipinski definition) is 1. The molecule has 1 aliphatic heterocycles. The molecular formula is C37H42FN3O6. The highest BCUT2D eigenvalue weighted by Crippen LogP contribution is 2.46. The lowest BCUT2D eigenvalue weighted by Gasteiger charge is -2.36. The van der Waals surface area contributed by atoms with Crippen LogP contribution in [0.2, 0.25) is 0 Å². The van der Waals surface area contributed by atoms with Gasteiger partial charge in [0.1, 0.15) is 5.82 Å². The smallest absolute Gasteiger partial charge is 0.363 e. The van der Waals surface area contributed by atoms with Crippen LogP contribution >= 0.6 is 0 Å². The maximum Gasteiger partial charge on any atom is 0.363 e. The van der Waals surface area contributed by atoms with Gasteiger partial charge < -0.3 is 29.2 Å². The van der Waals surface area contributed by atoms with Gasteiger partial charge in [0.25, 0.3) is 6.23 Å². The maximum atomic E-state index is 14.5. The van der Waals surface area contributed by atoms with E-state index in [0.717, 1.165) is 46.5 Å². The molecule has 3 aromatic rings. The number of fused-ring (bicyclic) bond motifs is 1. The molecule has 47 heavy (non-hydrogen) atoms. The molecule has 1 heterocycles. The van der Waals surface area contributed by atoms with E-state index in [1.807, 2.05) is 55.3 Å². The van der Waals surface area contributed by atoms with Gasteiger partial charge in [0.05, 0.1) is 27.2 Å². The maximum absolute atomic E-state index is 14.5. The van der Waals surface area contributed by atoms with Gasteiger partial charge in [-0.2, -0.15) is 0 Å². The summed E-state index contributed by atoms with van der Waals surface area (Å²) in [6, 6.07) is 17.9. The predicted molar refractivity (Wildman–Crippen MR) is 179 cm³/mol. The Labute approximate surface area is 275 Å². The number of piperazine rings is 1. The number of halogens is 1. The van der Waals surface area contributed by atoms with E-state index in [-0.39, 0.29) is 30.5 Å². The molecule has 3 aromatic carbocycles. The Hall–Kier alpha value is -4.67. The molecular weight excluding hydrogens is 601 g/mol. The van der Waals surface area contributed by atoms with Crippen molar-refractivity contribution in [3.8, 4) is 17.2 Å². The Bertz CT molecular complexity index is 1640. The van der Waals surface area contributed by atoms with Crippen LogP contribution in [0.25, 0.3) is 17.2 Å². The number of carbonyl (C=O) groups excluding carboxylic acids is 2. The van der Waals surface area contributed by atoms with Crippen LogP contribution in [-0.4, -0.2) is 82.0 Å². The number of allylic oxidation sites excluding steroid dienone is 2. The Morgan fingerprint density at radius 3 is 2.28 bits per heavy atom. The molecule has 1 fully saturated rings. The first kappa shape index (κ1) is 33.7. The summed E-state index contributed by atoms with van der Waals surface area (Å²) in [6.45, 7) is 7.17. The first-order valence-corrected chi connectivity index (χ1v) is 15.8. The number of nitrogens with zero attached hydrogens (tertiary/aromatic N) is 2. The zero-order chi connectivity index (χ0) is 33.5. The van der Waals surface area contributed by atoms with Gasteiger partial charge in [-0.1, -0.05) is 36.4 Å². The molecule has 248 valence electrons. The number of ether oxygens (including phenoxy) is 4. The second-order valence-electron chi connectivity index (χ2n) is 11.6. The van der Waals surface area contributed by atoms with Crippen LogP contribution in [0.1, 0.15) is 42.5 Å². The fourth-order valence-electron chi connectivity index (χ4n) is 5.92. The van der Waals surface area contributed by atoms with Crippen LogP contribution in [0.4, 0.5) is 4.39 Å². The van der Waals surface area contributed by atoms with Crippen molar-refractivity contribution in [1.29, 1.82) is 0 Å². The van der Waals surface area contributed by atoms with E-state index in [1.165, 1.54) is 26.4 Å². The zero-order valence-electron chi connectivity index (χ0n) is 27.6. The summed E-state index contributed by atoms with van der Waals surface area (Å²) < 4.78 is 37.7. The second kappa shape index (κ2) is 15.3. The number of benzene rings is 3. The Balaban J connectivity index is 1.46. The topological polar surface area (TPSA) is 89.6 Å². The SMILES string of the molecule is CCOC(=O)C(Oc1c(OC)cc(C=C2C(C)=C(CC(=O)NCc3ccccc3)c3cc(F)ccc32)cc1OC)N1CCN(C)CC1. The molecule has 0 radical (unpaired) electrons. The number of carbonyl (C=O) groups is 2. The monoisotopic (exact) mass is 643 g/mol. The third-order valence-electron chi connectivity index (χ3n) is 8.50. The van der Waals surface area contributed by atoms with Crippen LogP contribution < -0.4 is 19.5 Å². The molecule has 0 spiro atoms. The molecule has 1 saturated heterocycles. The van der Waals surface area contributed by atoms with E-state index in [9.17, 15) is 14.0 Å². The first-order chi connectivity index (χ1) is 22.7. The van der Waals surface area contributed by atoms with Gasteiger partial charge >= 0.3 is 5.97 Å². The van der Waals surface area contributed by atoms with Gasteiger partial charge in [-0.05, 0) is 90.2 Å². The molecule has 9 nitrogen and oxygen atoms in total. The number of nitrogens with one attached hydrogen (secondary N) is 1. The summed E-state index contributed by atoms with van der Waals surface area (Å²) in [5.74, 6) is 0.0230. The highest BCUT2D eigenvalue weighted by molar-refractivity contribution is 6.08. The first-order valence-electron chi connectivity index (χ1n) is 15.8. The summed E-state index contributed by atoms with van der Waals surface area (Å²) in [4.78, 5) is 30.3. The van der Waals surface area contributed by atoms with E-state index >= 15 is 0 Å². The van der Waals surface area contributed by atoms with E-state index in [2.05, 4.69) is 10.2 Å². The number of rotatable bonds is 12. The van der Waals surface area contributed by atoms with Crippen molar-refractivity contribution in [2.45, 2.75) is 33.0 Å². The quantitative estimate of drug-likeness (QED) is 0.263. The third-order valence-corrected chi connectivity index (χ3v) is 8.50. The van der Waals surface area contributed by atoms with Crippen molar-refractivity contribution in [3.63, 3.8) is 0 Å². The second-order valence-corrected chi connectivity index (χ2v) is 11.6. The lowest BCUT2D eigenvalue weighted by atomic mass is 10.00. The van der Waals surface area contributed by atoms with Crippen molar-refractivity contribution < 1.29 is 32.9 Å². The van der Waals surface area contributed by atoms with E-state index < -0.39 is 12.2 Å². The minimum atomic E-state index is -0.979. The molecule has 1 N–H and O–H groups in total. The normalized spacial score (nSPS) is 16.5. The molecule has 1 amide bonds. The van der Waals surface area contributed by atoms with Gasteiger partial charge in [0.2, 0.25) is 11.7 Å². The highest BCUT2D eigenvalue weighted by atomic mass is 19.1. The summed E-state index contributed by atoms with van der Waals surface area (Å²) in [6.07, 6.45) is 1.08. The average Bonchev–Trinajstić information content (AvgIpc) is 3.32. The molecule has 1 unspecified atom stereocenters. The minimum Gasteiger partial charge on any atom is -0.493 e. The molecule has 5 rings (SSSR count). The highest BCUT2D eigenvalue weighted by Gasteiger charge is 2.34. The van der Waals surface area contributed by atoms with Crippen LogP contribution in [-0.2, 0) is 20.9 Å². The number of esters is 1. The fourth-order valence-corrected chi connectivity index (χ4v) is 5.92. The van der Waals surface area contributed by atoms with E-state index in [4.69, 9.17) is 18.9 Å². The van der Waals surface area contributed by atoms with Gasteiger partial charge in [0, 0.05) is 32.7 Å². The van der Waals surface area contributed by atoms with E-state index in [0.29, 0.717) is 36.7 Å². The minimum absolute atomic E-state index is 0.105. The van der Waals surface area contributed by atoms with Crippen molar-refractivity contribution >= 4 is 29.1 Å². The summed E-state index contributed by atoms with van der Waals surface area (Å²) >= 11 is 0. The van der Waals surface area contributed by atoms with Crippen LogP contribution in [0.15, 0.2) is 66.2 Å². The number of amides is 1. The molecule has 1 aliphatic carbocycles. The van der Waals surface area contributed by atoms with Gasteiger partial charge in [-0.3, -0.25) is 9.69 Å².